The summed E-state index contributed by atoms with van der Waals surface area (Å²) in [7, 11) is 1.77. The number of hydrogen-bond acceptors (Lipinski definition) is 3. The van der Waals surface area contributed by atoms with Crippen LogP contribution >= 0.6 is 15.9 Å². The zero-order valence-electron chi connectivity index (χ0n) is 9.95. The van der Waals surface area contributed by atoms with E-state index in [9.17, 15) is 5.11 Å². The summed E-state index contributed by atoms with van der Waals surface area (Å²) in [6.07, 6.45) is 1.67. The van der Waals surface area contributed by atoms with E-state index in [-0.39, 0.29) is 5.75 Å². The number of aromatic hydroxyl groups is 1. The summed E-state index contributed by atoms with van der Waals surface area (Å²) in [5.41, 5.74) is 9.20. The summed E-state index contributed by atoms with van der Waals surface area (Å²) in [6, 6.07) is 1.89. The Bertz CT molecular complexity index is 564. The van der Waals surface area contributed by atoms with Gasteiger partial charge in [-0.3, -0.25) is 4.68 Å². The maximum Gasteiger partial charge on any atom is 0.129 e. The monoisotopic (exact) mass is 295 g/mol. The van der Waals surface area contributed by atoms with E-state index in [1.54, 1.807) is 17.9 Å². The quantitative estimate of drug-likeness (QED) is 0.850. The number of aryl methyl sites for hydroxylation is 2. The number of nitrogen functional groups attached to an aromatic ring is 1. The molecular formula is C12H14BrN3O. The minimum Gasteiger partial charge on any atom is -0.507 e. The van der Waals surface area contributed by atoms with Crippen LogP contribution in [0.4, 0.5) is 5.82 Å². The molecule has 2 rings (SSSR count). The summed E-state index contributed by atoms with van der Waals surface area (Å²) >= 11 is 3.48. The maximum atomic E-state index is 10.2. The normalized spacial score (nSPS) is 10.8. The van der Waals surface area contributed by atoms with E-state index in [2.05, 4.69) is 21.0 Å². The van der Waals surface area contributed by atoms with E-state index in [0.717, 1.165) is 26.7 Å². The first-order chi connectivity index (χ1) is 7.93. The summed E-state index contributed by atoms with van der Waals surface area (Å²) in [4.78, 5) is 0. The molecule has 0 aliphatic heterocycles. The molecule has 0 aliphatic rings. The molecule has 0 bridgehead atoms. The third kappa shape index (κ3) is 1.80. The number of nitrogens with two attached hydrogens (primary N) is 1. The van der Waals surface area contributed by atoms with Crippen molar-refractivity contribution >= 4 is 21.7 Å². The minimum absolute atomic E-state index is 0.255. The Balaban J connectivity index is 2.79. The Labute approximate surface area is 108 Å². The van der Waals surface area contributed by atoms with Gasteiger partial charge in [0.15, 0.2) is 0 Å². The highest BCUT2D eigenvalue weighted by Gasteiger charge is 2.17. The fourth-order valence-corrected chi connectivity index (χ4v) is 2.37. The van der Waals surface area contributed by atoms with Gasteiger partial charge in [-0.05, 0) is 31.0 Å². The van der Waals surface area contributed by atoms with Gasteiger partial charge in [-0.1, -0.05) is 15.9 Å². The summed E-state index contributed by atoms with van der Waals surface area (Å²) in [5.74, 6) is 0.798. The fourth-order valence-electron chi connectivity index (χ4n) is 1.83. The molecule has 0 fully saturated rings. The highest BCUT2D eigenvalue weighted by molar-refractivity contribution is 9.10. The molecule has 17 heavy (non-hydrogen) atoms. The molecular weight excluding hydrogens is 282 g/mol. The second-order valence-corrected chi connectivity index (χ2v) is 4.95. The van der Waals surface area contributed by atoms with Crippen LogP contribution in [0.25, 0.3) is 11.1 Å². The Morgan fingerprint density at radius 1 is 1.41 bits per heavy atom. The zero-order chi connectivity index (χ0) is 12.7. The number of rotatable bonds is 1. The van der Waals surface area contributed by atoms with Crippen molar-refractivity contribution in [3.8, 4) is 16.9 Å². The van der Waals surface area contributed by atoms with Gasteiger partial charge in [-0.15, -0.1) is 0 Å². The lowest BCUT2D eigenvalue weighted by Crippen LogP contribution is -1.99. The standard InChI is InChI=1S/C12H14BrN3O/c1-6-4-9(13)7(2)10(11(6)17)8-5-15-16(3)12(8)14/h4-5,17H,14H2,1-3H3. The number of hydrogen-bond donors (Lipinski definition) is 2. The molecule has 0 atom stereocenters. The number of nitrogens with zero attached hydrogens (tertiary/aromatic N) is 2. The molecule has 0 saturated heterocycles. The van der Waals surface area contributed by atoms with Crippen molar-refractivity contribution in [2.24, 2.45) is 7.05 Å². The molecule has 0 amide bonds. The lowest BCUT2D eigenvalue weighted by Gasteiger charge is -2.12. The molecule has 5 heteroatoms. The lowest BCUT2D eigenvalue weighted by molar-refractivity contribution is 0.472. The third-order valence-electron chi connectivity index (χ3n) is 2.94. The molecule has 0 spiro atoms. The number of halogens is 1. The average molecular weight is 296 g/mol. The van der Waals surface area contributed by atoms with Gasteiger partial charge >= 0.3 is 0 Å². The predicted molar refractivity (Wildman–Crippen MR) is 71.9 cm³/mol. The van der Waals surface area contributed by atoms with Crippen LogP contribution in [0.5, 0.6) is 5.75 Å². The maximum absolute atomic E-state index is 10.2. The molecule has 1 heterocycles. The van der Waals surface area contributed by atoms with Gasteiger partial charge < -0.3 is 10.8 Å². The van der Waals surface area contributed by atoms with Gasteiger partial charge in [-0.2, -0.15) is 5.10 Å². The lowest BCUT2D eigenvalue weighted by atomic mass is 9.98. The van der Waals surface area contributed by atoms with Gasteiger partial charge in [0.2, 0.25) is 0 Å². The summed E-state index contributed by atoms with van der Waals surface area (Å²) in [6.45, 7) is 3.79. The van der Waals surface area contributed by atoms with Crippen LogP contribution in [-0.2, 0) is 7.05 Å². The Kier molecular flexibility index (Phi) is 2.87. The van der Waals surface area contributed by atoms with Crippen molar-refractivity contribution < 1.29 is 5.11 Å². The van der Waals surface area contributed by atoms with Crippen molar-refractivity contribution in [2.75, 3.05) is 5.73 Å². The van der Waals surface area contributed by atoms with E-state index in [4.69, 9.17) is 5.73 Å². The van der Waals surface area contributed by atoms with Crippen molar-refractivity contribution in [3.63, 3.8) is 0 Å². The van der Waals surface area contributed by atoms with Crippen LogP contribution in [0.15, 0.2) is 16.7 Å². The van der Waals surface area contributed by atoms with Crippen molar-refractivity contribution in [1.82, 2.24) is 9.78 Å². The Morgan fingerprint density at radius 2 is 2.06 bits per heavy atom. The fraction of sp³-hybridized carbons (Fsp3) is 0.250. The van der Waals surface area contributed by atoms with Gasteiger partial charge in [0.1, 0.15) is 11.6 Å². The molecule has 0 saturated carbocycles. The van der Waals surface area contributed by atoms with E-state index >= 15 is 0 Å². The highest BCUT2D eigenvalue weighted by atomic mass is 79.9. The molecule has 0 unspecified atom stereocenters. The second-order valence-electron chi connectivity index (χ2n) is 4.09. The van der Waals surface area contributed by atoms with Crippen LogP contribution in [-0.4, -0.2) is 14.9 Å². The van der Waals surface area contributed by atoms with Crippen molar-refractivity contribution in [2.45, 2.75) is 13.8 Å². The van der Waals surface area contributed by atoms with Crippen LogP contribution in [0.1, 0.15) is 11.1 Å². The molecule has 0 aliphatic carbocycles. The molecule has 4 nitrogen and oxygen atoms in total. The first-order valence-electron chi connectivity index (χ1n) is 5.20. The van der Waals surface area contributed by atoms with Crippen LogP contribution in [0.2, 0.25) is 0 Å². The molecule has 0 radical (unpaired) electrons. The number of aromatic nitrogens is 2. The smallest absolute Gasteiger partial charge is 0.129 e. The first-order valence-corrected chi connectivity index (χ1v) is 5.99. The number of phenolic OH excluding ortho intramolecular Hbond substituents is 1. The number of phenols is 1. The average Bonchev–Trinajstić information content (AvgIpc) is 2.59. The summed E-state index contributed by atoms with van der Waals surface area (Å²) in [5, 5.41) is 14.3. The Hall–Kier alpha value is -1.49. The van der Waals surface area contributed by atoms with E-state index in [1.165, 1.54) is 0 Å². The van der Waals surface area contributed by atoms with Crippen LogP contribution < -0.4 is 5.73 Å². The van der Waals surface area contributed by atoms with E-state index in [1.807, 2.05) is 19.9 Å². The SMILES string of the molecule is Cc1cc(Br)c(C)c(-c2cnn(C)c2N)c1O. The topological polar surface area (TPSA) is 64.1 Å². The second kappa shape index (κ2) is 4.07. The first kappa shape index (κ1) is 12.0. The van der Waals surface area contributed by atoms with E-state index < -0.39 is 0 Å². The molecule has 90 valence electrons. The predicted octanol–water partition coefficient (Wildman–Crippen LogP) is 2.75. The molecule has 1 aromatic heterocycles. The molecule has 1 aromatic carbocycles. The molecule has 3 N–H and O–H groups in total. The largest absolute Gasteiger partial charge is 0.507 e. The van der Waals surface area contributed by atoms with Crippen molar-refractivity contribution in [3.05, 3.63) is 27.9 Å². The van der Waals surface area contributed by atoms with Crippen molar-refractivity contribution in [1.29, 1.82) is 0 Å². The summed E-state index contributed by atoms with van der Waals surface area (Å²) < 4.78 is 2.54. The Morgan fingerprint density at radius 3 is 2.59 bits per heavy atom. The number of benzene rings is 1. The minimum atomic E-state index is 0.255. The number of anilines is 1. The van der Waals surface area contributed by atoms with Gasteiger partial charge in [0.05, 0.1) is 6.20 Å². The zero-order valence-corrected chi connectivity index (χ0v) is 11.5. The van der Waals surface area contributed by atoms with Gasteiger partial charge in [-0.25, -0.2) is 0 Å². The highest BCUT2D eigenvalue weighted by Crippen LogP contribution is 2.40. The third-order valence-corrected chi connectivity index (χ3v) is 3.76. The van der Waals surface area contributed by atoms with Gasteiger partial charge in [0, 0.05) is 22.6 Å². The van der Waals surface area contributed by atoms with Gasteiger partial charge in [0.25, 0.3) is 0 Å². The van der Waals surface area contributed by atoms with E-state index in [0.29, 0.717) is 5.82 Å². The molecule has 2 aromatic rings. The van der Waals surface area contributed by atoms with Crippen LogP contribution in [0.3, 0.4) is 0 Å². The van der Waals surface area contributed by atoms with Crippen LogP contribution in [0, 0.1) is 13.8 Å².